The lowest BCUT2D eigenvalue weighted by molar-refractivity contribution is -0.141. The molecule has 4 nitrogen and oxygen atoms in total. The number of ether oxygens (including phenoxy) is 1. The Morgan fingerprint density at radius 3 is 2.48 bits per heavy atom. The summed E-state index contributed by atoms with van der Waals surface area (Å²) >= 11 is 0. The number of carbonyl (C=O) groups is 2. The van der Waals surface area contributed by atoms with Gasteiger partial charge in [-0.1, -0.05) is 95.6 Å². The van der Waals surface area contributed by atoms with Crippen LogP contribution in [-0.2, 0) is 14.3 Å². The summed E-state index contributed by atoms with van der Waals surface area (Å²) < 4.78 is 5.28. The molecule has 1 aliphatic rings. The van der Waals surface area contributed by atoms with Gasteiger partial charge >= 0.3 is 5.97 Å². The normalized spacial score (nSPS) is 22.3. The molecule has 0 fully saturated rings. The van der Waals surface area contributed by atoms with Gasteiger partial charge in [0.15, 0.2) is 0 Å². The molecule has 0 radical (unpaired) electrons. The van der Waals surface area contributed by atoms with Crippen LogP contribution in [0.1, 0.15) is 74.1 Å². The number of hydrogen-bond acceptors (Lipinski definition) is 4. The van der Waals surface area contributed by atoms with E-state index >= 15 is 0 Å². The van der Waals surface area contributed by atoms with Crippen molar-refractivity contribution in [3.05, 3.63) is 59.8 Å². The van der Waals surface area contributed by atoms with Crippen LogP contribution in [0.3, 0.4) is 0 Å². The summed E-state index contributed by atoms with van der Waals surface area (Å²) in [5, 5.41) is 10.4. The maximum absolute atomic E-state index is 12.7. The summed E-state index contributed by atoms with van der Waals surface area (Å²) in [5.41, 5.74) is 2.28. The Bertz CT molecular complexity index is 783. The SMILES string of the molecule is CCC(=C/[C@H](C)C/C=C/C(C)=C/[C@@H](C)C(=O)[C@@H](C)[C@@H](O)[C@@H](C)CC)/C=C/[C@H]1CC=CC(=O)O1. The quantitative estimate of drug-likeness (QED) is 0.253. The predicted molar refractivity (Wildman–Crippen MR) is 137 cm³/mol. The molecule has 0 amide bonds. The van der Waals surface area contributed by atoms with Crippen LogP contribution in [0.25, 0.3) is 0 Å². The number of aliphatic hydroxyl groups excluding tert-OH is 1. The first-order chi connectivity index (χ1) is 15.6. The highest BCUT2D eigenvalue weighted by molar-refractivity contribution is 5.85. The minimum absolute atomic E-state index is 0.0883. The number of cyclic esters (lactones) is 1. The van der Waals surface area contributed by atoms with Crippen molar-refractivity contribution in [2.75, 3.05) is 0 Å². The molecular formula is C29H44O4. The summed E-state index contributed by atoms with van der Waals surface area (Å²) in [6.45, 7) is 14.1. The summed E-state index contributed by atoms with van der Waals surface area (Å²) in [4.78, 5) is 24.0. The minimum atomic E-state index is -0.592. The lowest BCUT2D eigenvalue weighted by atomic mass is 9.84. The van der Waals surface area contributed by atoms with Gasteiger partial charge in [0.05, 0.1) is 6.10 Å². The molecule has 4 heteroatoms. The average Bonchev–Trinajstić information content (AvgIpc) is 2.79. The molecule has 33 heavy (non-hydrogen) atoms. The molecule has 1 heterocycles. The number of aliphatic hydroxyl groups is 1. The van der Waals surface area contributed by atoms with Crippen molar-refractivity contribution in [3.8, 4) is 0 Å². The second-order valence-electron chi connectivity index (χ2n) is 9.45. The van der Waals surface area contributed by atoms with E-state index in [1.54, 1.807) is 0 Å². The first-order valence-electron chi connectivity index (χ1n) is 12.4. The molecular weight excluding hydrogens is 412 g/mol. The van der Waals surface area contributed by atoms with Crippen LogP contribution >= 0.6 is 0 Å². The molecule has 0 spiro atoms. The van der Waals surface area contributed by atoms with Crippen LogP contribution in [0.5, 0.6) is 0 Å². The highest BCUT2D eigenvalue weighted by atomic mass is 16.5. The first-order valence-corrected chi connectivity index (χ1v) is 12.4. The molecule has 6 atom stereocenters. The van der Waals surface area contributed by atoms with E-state index in [0.717, 1.165) is 31.3 Å². The van der Waals surface area contributed by atoms with E-state index in [4.69, 9.17) is 4.74 Å². The third-order valence-corrected chi connectivity index (χ3v) is 6.36. The van der Waals surface area contributed by atoms with Crippen molar-refractivity contribution in [2.24, 2.45) is 23.7 Å². The molecule has 184 valence electrons. The van der Waals surface area contributed by atoms with Crippen LogP contribution < -0.4 is 0 Å². The average molecular weight is 457 g/mol. The van der Waals surface area contributed by atoms with Crippen LogP contribution in [0.4, 0.5) is 0 Å². The number of rotatable bonds is 13. The Hall–Kier alpha value is -2.20. The van der Waals surface area contributed by atoms with Crippen molar-refractivity contribution in [1.82, 2.24) is 0 Å². The van der Waals surface area contributed by atoms with E-state index in [1.165, 1.54) is 11.6 Å². The Morgan fingerprint density at radius 1 is 1.18 bits per heavy atom. The minimum Gasteiger partial charge on any atom is -0.455 e. The molecule has 1 aliphatic heterocycles. The number of ketones is 1. The van der Waals surface area contributed by atoms with E-state index < -0.39 is 6.10 Å². The van der Waals surface area contributed by atoms with Gasteiger partial charge in [0.2, 0.25) is 0 Å². The summed E-state index contributed by atoms with van der Waals surface area (Å²) in [7, 11) is 0. The zero-order valence-electron chi connectivity index (χ0n) is 21.6. The van der Waals surface area contributed by atoms with Crippen LogP contribution in [0.2, 0.25) is 0 Å². The third-order valence-electron chi connectivity index (χ3n) is 6.36. The lowest BCUT2D eigenvalue weighted by Crippen LogP contribution is -2.33. The van der Waals surface area contributed by atoms with Gasteiger partial charge < -0.3 is 9.84 Å². The second kappa shape index (κ2) is 14.8. The summed E-state index contributed by atoms with van der Waals surface area (Å²) in [6, 6.07) is 0. The zero-order chi connectivity index (χ0) is 25.0. The molecule has 0 saturated heterocycles. The molecule has 0 aromatic carbocycles. The smallest absolute Gasteiger partial charge is 0.331 e. The number of carbonyl (C=O) groups excluding carboxylic acids is 2. The number of allylic oxidation sites excluding steroid dienone is 7. The second-order valence-corrected chi connectivity index (χ2v) is 9.45. The van der Waals surface area contributed by atoms with E-state index in [1.807, 2.05) is 52.8 Å². The highest BCUT2D eigenvalue weighted by Gasteiger charge is 2.28. The van der Waals surface area contributed by atoms with Crippen LogP contribution in [0.15, 0.2) is 59.8 Å². The van der Waals surface area contributed by atoms with Crippen molar-refractivity contribution < 1.29 is 19.4 Å². The molecule has 0 aromatic rings. The highest BCUT2D eigenvalue weighted by Crippen LogP contribution is 2.21. The maximum atomic E-state index is 12.7. The summed E-state index contributed by atoms with van der Waals surface area (Å²) in [6.07, 6.45) is 18.4. The van der Waals surface area contributed by atoms with E-state index in [0.29, 0.717) is 5.92 Å². The van der Waals surface area contributed by atoms with Gasteiger partial charge in [-0.3, -0.25) is 4.79 Å². The Kier molecular flexibility index (Phi) is 13.0. The van der Waals surface area contributed by atoms with Gasteiger partial charge in [-0.2, -0.15) is 0 Å². The Balaban J connectivity index is 2.63. The van der Waals surface area contributed by atoms with Gasteiger partial charge in [0.1, 0.15) is 11.9 Å². The van der Waals surface area contributed by atoms with Gasteiger partial charge in [0.25, 0.3) is 0 Å². The first kappa shape index (κ1) is 28.8. The molecule has 1 rings (SSSR count). The van der Waals surface area contributed by atoms with Crippen LogP contribution in [0, 0.1) is 23.7 Å². The summed E-state index contributed by atoms with van der Waals surface area (Å²) in [5.74, 6) is -0.286. The van der Waals surface area contributed by atoms with Gasteiger partial charge in [-0.15, -0.1) is 0 Å². The Labute approximate surface area is 201 Å². The van der Waals surface area contributed by atoms with Crippen molar-refractivity contribution in [3.63, 3.8) is 0 Å². The fraction of sp³-hybridized carbons (Fsp3) is 0.586. The van der Waals surface area contributed by atoms with Crippen molar-refractivity contribution in [1.29, 1.82) is 0 Å². The topological polar surface area (TPSA) is 63.6 Å². The largest absolute Gasteiger partial charge is 0.455 e. The van der Waals surface area contributed by atoms with E-state index in [9.17, 15) is 14.7 Å². The monoisotopic (exact) mass is 456 g/mol. The molecule has 0 saturated carbocycles. The molecule has 1 N–H and O–H groups in total. The van der Waals surface area contributed by atoms with Gasteiger partial charge in [-0.25, -0.2) is 4.79 Å². The third kappa shape index (κ3) is 10.5. The predicted octanol–water partition coefficient (Wildman–Crippen LogP) is 6.53. The zero-order valence-corrected chi connectivity index (χ0v) is 21.6. The molecule has 0 unspecified atom stereocenters. The molecule has 0 bridgehead atoms. The maximum Gasteiger partial charge on any atom is 0.331 e. The van der Waals surface area contributed by atoms with Crippen molar-refractivity contribution in [2.45, 2.75) is 86.4 Å². The number of Topliss-reactive ketones (excluding diaryl/α,β-unsaturated/α-hetero) is 1. The Morgan fingerprint density at radius 2 is 1.88 bits per heavy atom. The van der Waals surface area contributed by atoms with Gasteiger partial charge in [0, 0.05) is 24.3 Å². The fourth-order valence-electron chi connectivity index (χ4n) is 3.93. The number of esters is 1. The molecule has 0 aliphatic carbocycles. The van der Waals surface area contributed by atoms with E-state index in [2.05, 4.69) is 38.2 Å². The fourth-order valence-corrected chi connectivity index (χ4v) is 3.93. The van der Waals surface area contributed by atoms with E-state index in [-0.39, 0.29) is 35.6 Å². The standard InChI is InChI=1S/C29H44O4/c1-8-22(5)28(31)24(7)29(32)23(6)18-20(3)12-10-13-21(4)19-25(9-2)16-17-26-14-11-15-27(30)33-26/h10-12,15-19,21-24,26,28,31H,8-9,13-14H2,1-7H3/b12-10+,17-16+,20-18+,25-19-/t21-,22+,23-,24+,26-,28+/m1/s1. The van der Waals surface area contributed by atoms with Crippen molar-refractivity contribution >= 4 is 11.8 Å². The lowest BCUT2D eigenvalue weighted by Gasteiger charge is -2.24. The molecule has 0 aromatic heterocycles. The van der Waals surface area contributed by atoms with Crippen LogP contribution in [-0.4, -0.2) is 29.1 Å². The van der Waals surface area contributed by atoms with Gasteiger partial charge in [-0.05, 0) is 37.7 Å². The number of hydrogen-bond donors (Lipinski definition) is 1.